The molecule has 0 saturated heterocycles. The average Bonchev–Trinajstić information content (AvgIpc) is 2.04. The largest absolute Gasteiger partial charge is 0.294 e. The highest BCUT2D eigenvalue weighted by Gasteiger charge is 2.01. The third-order valence-corrected chi connectivity index (χ3v) is 1.71. The molecule has 1 aromatic heterocycles. The first-order valence-electron chi connectivity index (χ1n) is 3.06. The SMILES string of the molecule is O=C(CBr)Nc1nccc(Cl)n1. The fourth-order valence-electron chi connectivity index (χ4n) is 0.555. The first-order chi connectivity index (χ1) is 5.72. The topological polar surface area (TPSA) is 54.9 Å². The number of amides is 1. The first-order valence-corrected chi connectivity index (χ1v) is 4.56. The van der Waals surface area contributed by atoms with E-state index < -0.39 is 0 Å². The molecule has 1 N–H and O–H groups in total. The summed E-state index contributed by atoms with van der Waals surface area (Å²) in [5.74, 6) is 0.00390. The first kappa shape index (κ1) is 9.41. The molecule has 1 rings (SSSR count). The lowest BCUT2D eigenvalue weighted by Crippen LogP contribution is -2.14. The molecule has 0 aliphatic heterocycles. The monoisotopic (exact) mass is 249 g/mol. The van der Waals surface area contributed by atoms with Crippen molar-refractivity contribution in [2.24, 2.45) is 0 Å². The molecule has 64 valence electrons. The van der Waals surface area contributed by atoms with E-state index >= 15 is 0 Å². The molecular weight excluding hydrogens is 245 g/mol. The molecule has 0 aromatic carbocycles. The summed E-state index contributed by atoms with van der Waals surface area (Å²) >= 11 is 8.55. The van der Waals surface area contributed by atoms with Gasteiger partial charge in [-0.3, -0.25) is 10.1 Å². The maximum atomic E-state index is 10.8. The van der Waals surface area contributed by atoms with Crippen LogP contribution in [0, 0.1) is 0 Å². The molecule has 0 aliphatic rings. The Morgan fingerprint density at radius 3 is 3.08 bits per heavy atom. The predicted molar refractivity (Wildman–Crippen MR) is 49.5 cm³/mol. The summed E-state index contributed by atoms with van der Waals surface area (Å²) in [5, 5.41) is 2.95. The van der Waals surface area contributed by atoms with Gasteiger partial charge >= 0.3 is 0 Å². The van der Waals surface area contributed by atoms with Crippen LogP contribution in [0.4, 0.5) is 5.95 Å². The average molecular weight is 250 g/mol. The third-order valence-electron chi connectivity index (χ3n) is 0.994. The third kappa shape index (κ3) is 2.75. The second kappa shape index (κ2) is 4.37. The second-order valence-electron chi connectivity index (χ2n) is 1.88. The number of hydrogen-bond donors (Lipinski definition) is 1. The van der Waals surface area contributed by atoms with Crippen molar-refractivity contribution in [1.29, 1.82) is 0 Å². The highest BCUT2D eigenvalue weighted by atomic mass is 79.9. The highest BCUT2D eigenvalue weighted by Crippen LogP contribution is 2.05. The van der Waals surface area contributed by atoms with E-state index in [1.54, 1.807) is 0 Å². The predicted octanol–water partition coefficient (Wildman–Crippen LogP) is 1.46. The van der Waals surface area contributed by atoms with Crippen LogP contribution < -0.4 is 5.32 Å². The zero-order valence-electron chi connectivity index (χ0n) is 5.92. The molecule has 1 aromatic rings. The van der Waals surface area contributed by atoms with E-state index in [4.69, 9.17) is 11.6 Å². The lowest BCUT2D eigenvalue weighted by atomic mass is 10.6. The van der Waals surface area contributed by atoms with Crippen molar-refractivity contribution in [2.75, 3.05) is 10.6 Å². The molecule has 0 unspecified atom stereocenters. The Hall–Kier alpha value is -0.680. The maximum Gasteiger partial charge on any atom is 0.237 e. The van der Waals surface area contributed by atoms with Gasteiger partial charge in [-0.05, 0) is 6.07 Å². The van der Waals surface area contributed by atoms with Crippen LogP contribution >= 0.6 is 27.5 Å². The summed E-state index contributed by atoms with van der Waals surface area (Å²) in [6.45, 7) is 0. The van der Waals surface area contributed by atoms with Gasteiger partial charge in [-0.25, -0.2) is 9.97 Å². The second-order valence-corrected chi connectivity index (χ2v) is 2.83. The molecule has 0 fully saturated rings. The van der Waals surface area contributed by atoms with Crippen molar-refractivity contribution >= 4 is 39.4 Å². The summed E-state index contributed by atoms with van der Waals surface area (Å²) in [4.78, 5) is 18.4. The van der Waals surface area contributed by atoms with Crippen LogP contribution in [0.15, 0.2) is 12.3 Å². The van der Waals surface area contributed by atoms with Gasteiger partial charge in [0.2, 0.25) is 11.9 Å². The molecule has 4 nitrogen and oxygen atoms in total. The van der Waals surface area contributed by atoms with Crippen molar-refractivity contribution < 1.29 is 4.79 Å². The minimum atomic E-state index is -0.211. The number of carbonyl (C=O) groups excluding carboxylic acids is 1. The molecular formula is C6H5BrClN3O. The minimum Gasteiger partial charge on any atom is -0.294 e. The molecule has 0 radical (unpaired) electrons. The van der Waals surface area contributed by atoms with E-state index in [0.29, 0.717) is 5.15 Å². The van der Waals surface area contributed by atoms with E-state index in [9.17, 15) is 4.79 Å². The lowest BCUT2D eigenvalue weighted by molar-refractivity contribution is -0.113. The number of anilines is 1. The van der Waals surface area contributed by atoms with Crippen molar-refractivity contribution in [2.45, 2.75) is 0 Å². The smallest absolute Gasteiger partial charge is 0.237 e. The van der Waals surface area contributed by atoms with Crippen LogP contribution in [-0.2, 0) is 4.79 Å². The van der Waals surface area contributed by atoms with Crippen molar-refractivity contribution in [3.63, 3.8) is 0 Å². The van der Waals surface area contributed by atoms with E-state index in [1.807, 2.05) is 0 Å². The Labute approximate surface area is 82.5 Å². The number of alkyl halides is 1. The number of hydrogen-bond acceptors (Lipinski definition) is 3. The maximum absolute atomic E-state index is 10.8. The van der Waals surface area contributed by atoms with Gasteiger partial charge in [-0.15, -0.1) is 0 Å². The van der Waals surface area contributed by atoms with Crippen LogP contribution in [0.25, 0.3) is 0 Å². The normalized spacial score (nSPS) is 9.50. The fraction of sp³-hybridized carbons (Fsp3) is 0.167. The van der Waals surface area contributed by atoms with Crippen LogP contribution in [0.5, 0.6) is 0 Å². The molecule has 0 aliphatic carbocycles. The Morgan fingerprint density at radius 2 is 2.50 bits per heavy atom. The number of aromatic nitrogens is 2. The number of carbonyl (C=O) groups is 1. The fourth-order valence-corrected chi connectivity index (χ4v) is 0.832. The zero-order chi connectivity index (χ0) is 8.97. The standard InChI is InChI=1S/C6H5BrClN3O/c7-3-5(12)11-6-9-2-1-4(8)10-6/h1-2H,3H2,(H,9,10,11,12). The van der Waals surface area contributed by atoms with E-state index in [0.717, 1.165) is 0 Å². The molecule has 1 amide bonds. The van der Waals surface area contributed by atoms with Gasteiger partial charge in [0.1, 0.15) is 5.15 Å². The van der Waals surface area contributed by atoms with Crippen LogP contribution in [0.1, 0.15) is 0 Å². The summed E-state index contributed by atoms with van der Waals surface area (Å²) in [7, 11) is 0. The van der Waals surface area contributed by atoms with E-state index in [2.05, 4.69) is 31.2 Å². The molecule has 0 spiro atoms. The van der Waals surface area contributed by atoms with Gasteiger partial charge in [0.15, 0.2) is 0 Å². The van der Waals surface area contributed by atoms with Gasteiger partial charge in [-0.2, -0.15) is 0 Å². The van der Waals surface area contributed by atoms with Gasteiger partial charge in [0.25, 0.3) is 0 Å². The molecule has 1 heterocycles. The van der Waals surface area contributed by atoms with Crippen LogP contribution in [0.3, 0.4) is 0 Å². The summed E-state index contributed by atoms with van der Waals surface area (Å²) in [6, 6.07) is 1.53. The van der Waals surface area contributed by atoms with Gasteiger partial charge in [0.05, 0.1) is 5.33 Å². The van der Waals surface area contributed by atoms with Crippen molar-refractivity contribution in [3.05, 3.63) is 17.4 Å². The zero-order valence-corrected chi connectivity index (χ0v) is 8.26. The van der Waals surface area contributed by atoms with Crippen LogP contribution in [-0.4, -0.2) is 21.2 Å². The van der Waals surface area contributed by atoms with E-state index in [-0.39, 0.29) is 17.2 Å². The molecule has 0 saturated carbocycles. The number of nitrogens with one attached hydrogen (secondary N) is 1. The van der Waals surface area contributed by atoms with Gasteiger partial charge in [-0.1, -0.05) is 27.5 Å². The molecule has 0 atom stereocenters. The van der Waals surface area contributed by atoms with Crippen molar-refractivity contribution in [1.82, 2.24) is 9.97 Å². The Bertz CT molecular complexity index is 294. The van der Waals surface area contributed by atoms with Crippen LogP contribution in [0.2, 0.25) is 5.15 Å². The summed E-state index contributed by atoms with van der Waals surface area (Å²) in [5.41, 5.74) is 0. The molecule has 0 bridgehead atoms. The minimum absolute atomic E-state index is 0.211. The quantitative estimate of drug-likeness (QED) is 0.639. The Morgan fingerprint density at radius 1 is 1.75 bits per heavy atom. The Balaban J connectivity index is 2.69. The number of halogens is 2. The lowest BCUT2D eigenvalue weighted by Gasteiger charge is -1.99. The van der Waals surface area contributed by atoms with Crippen molar-refractivity contribution in [3.8, 4) is 0 Å². The van der Waals surface area contributed by atoms with Gasteiger partial charge in [0, 0.05) is 6.20 Å². The van der Waals surface area contributed by atoms with Gasteiger partial charge < -0.3 is 0 Å². The van der Waals surface area contributed by atoms with E-state index in [1.165, 1.54) is 12.3 Å². The summed E-state index contributed by atoms with van der Waals surface area (Å²) in [6.07, 6.45) is 1.47. The highest BCUT2D eigenvalue weighted by molar-refractivity contribution is 9.09. The Kier molecular flexibility index (Phi) is 3.43. The molecule has 12 heavy (non-hydrogen) atoms. The number of rotatable bonds is 2. The summed E-state index contributed by atoms with van der Waals surface area (Å²) < 4.78 is 0. The molecule has 6 heteroatoms. The number of nitrogens with zero attached hydrogens (tertiary/aromatic N) is 2.